The maximum atomic E-state index is 11.6. The average Bonchev–Trinajstić information content (AvgIpc) is 2.62. The molecule has 1 amide bonds. The van der Waals surface area contributed by atoms with Crippen molar-refractivity contribution in [1.82, 2.24) is 0 Å². The lowest BCUT2D eigenvalue weighted by Crippen LogP contribution is -2.07. The number of hydrogen-bond acceptors (Lipinski definition) is 2. The van der Waals surface area contributed by atoms with E-state index in [1.807, 2.05) is 54.6 Å². The molecule has 24 heavy (non-hydrogen) atoms. The molecule has 0 aliphatic rings. The van der Waals surface area contributed by atoms with Crippen LogP contribution >= 0.6 is 0 Å². The minimum atomic E-state index is -0.0880. The predicted octanol–water partition coefficient (Wildman–Crippen LogP) is 4.99. The number of carbonyl (C=O) groups excluding carboxylic acids is 1. The van der Waals surface area contributed by atoms with Gasteiger partial charge in [0.05, 0.1) is 7.11 Å². The highest BCUT2D eigenvalue weighted by atomic mass is 16.5. The van der Waals surface area contributed by atoms with Crippen LogP contribution in [0.3, 0.4) is 0 Å². The van der Waals surface area contributed by atoms with E-state index in [0.717, 1.165) is 33.7 Å². The number of anilines is 1. The first kappa shape index (κ1) is 15.8. The van der Waals surface area contributed by atoms with Gasteiger partial charge in [0.25, 0.3) is 0 Å². The number of nitrogens with one attached hydrogen (secondary N) is 1. The molecule has 120 valence electrons. The van der Waals surface area contributed by atoms with Crippen LogP contribution in [0.4, 0.5) is 5.69 Å². The summed E-state index contributed by atoms with van der Waals surface area (Å²) in [4.78, 5) is 11.6. The maximum Gasteiger partial charge on any atom is 0.221 e. The van der Waals surface area contributed by atoms with Crippen LogP contribution in [0.25, 0.3) is 22.3 Å². The quantitative estimate of drug-likeness (QED) is 0.736. The zero-order valence-electron chi connectivity index (χ0n) is 13.7. The molecule has 0 radical (unpaired) electrons. The van der Waals surface area contributed by atoms with Crippen LogP contribution in [0, 0.1) is 0 Å². The summed E-state index contributed by atoms with van der Waals surface area (Å²) in [6.45, 7) is 1.52. The van der Waals surface area contributed by atoms with Gasteiger partial charge in [0, 0.05) is 18.2 Å². The van der Waals surface area contributed by atoms with E-state index in [4.69, 9.17) is 4.74 Å². The van der Waals surface area contributed by atoms with Gasteiger partial charge >= 0.3 is 0 Å². The summed E-state index contributed by atoms with van der Waals surface area (Å²) in [7, 11) is 1.65. The largest absolute Gasteiger partial charge is 0.497 e. The van der Waals surface area contributed by atoms with Gasteiger partial charge in [-0.1, -0.05) is 54.6 Å². The fourth-order valence-electron chi connectivity index (χ4n) is 2.67. The van der Waals surface area contributed by atoms with Gasteiger partial charge in [0.2, 0.25) is 5.91 Å². The Morgan fingerprint density at radius 3 is 2.12 bits per heavy atom. The number of hydrogen-bond donors (Lipinski definition) is 1. The van der Waals surface area contributed by atoms with E-state index in [1.54, 1.807) is 7.11 Å². The summed E-state index contributed by atoms with van der Waals surface area (Å²) in [6.07, 6.45) is 0. The van der Waals surface area contributed by atoms with Gasteiger partial charge in [0.15, 0.2) is 0 Å². The summed E-state index contributed by atoms with van der Waals surface area (Å²) in [6, 6.07) is 24.0. The molecule has 0 heterocycles. The number of ether oxygens (including phenoxy) is 1. The average molecular weight is 317 g/mol. The fraction of sp³-hybridized carbons (Fsp3) is 0.0952. The molecular weight excluding hydrogens is 298 g/mol. The predicted molar refractivity (Wildman–Crippen MR) is 98.2 cm³/mol. The van der Waals surface area contributed by atoms with Crippen molar-refractivity contribution in [3.8, 4) is 28.0 Å². The van der Waals surface area contributed by atoms with Crippen molar-refractivity contribution in [3.05, 3.63) is 72.8 Å². The zero-order valence-corrected chi connectivity index (χ0v) is 13.7. The van der Waals surface area contributed by atoms with E-state index in [9.17, 15) is 4.79 Å². The highest BCUT2D eigenvalue weighted by Crippen LogP contribution is 2.33. The topological polar surface area (TPSA) is 38.3 Å². The Morgan fingerprint density at radius 2 is 1.50 bits per heavy atom. The molecule has 0 saturated carbocycles. The van der Waals surface area contributed by atoms with E-state index in [-0.39, 0.29) is 5.91 Å². The van der Waals surface area contributed by atoms with E-state index in [2.05, 4.69) is 23.5 Å². The Balaban J connectivity index is 2.06. The van der Waals surface area contributed by atoms with Gasteiger partial charge in [-0.15, -0.1) is 0 Å². The highest BCUT2D eigenvalue weighted by molar-refractivity contribution is 5.95. The number of carbonyl (C=O) groups is 1. The molecule has 0 spiro atoms. The molecule has 3 heteroatoms. The molecule has 0 aliphatic heterocycles. The normalized spacial score (nSPS) is 10.2. The van der Waals surface area contributed by atoms with Gasteiger partial charge < -0.3 is 10.1 Å². The molecule has 3 aromatic carbocycles. The monoisotopic (exact) mass is 317 g/mol. The summed E-state index contributed by atoms with van der Waals surface area (Å²) in [5, 5.41) is 2.94. The molecule has 3 rings (SSSR count). The van der Waals surface area contributed by atoms with Crippen molar-refractivity contribution in [2.24, 2.45) is 0 Å². The number of methoxy groups -OCH3 is 1. The van der Waals surface area contributed by atoms with Crippen molar-refractivity contribution in [1.29, 1.82) is 0 Å². The SMILES string of the molecule is COc1ccc(-c2ccc(-c3ccccc3)cc2NC(C)=O)cc1. The van der Waals surface area contributed by atoms with E-state index in [0.29, 0.717) is 0 Å². The van der Waals surface area contributed by atoms with Crippen LogP contribution in [0.1, 0.15) is 6.92 Å². The Kier molecular flexibility index (Phi) is 4.62. The fourth-order valence-corrected chi connectivity index (χ4v) is 2.67. The van der Waals surface area contributed by atoms with Crippen LogP contribution < -0.4 is 10.1 Å². The third kappa shape index (κ3) is 3.46. The van der Waals surface area contributed by atoms with Crippen molar-refractivity contribution in [2.45, 2.75) is 6.92 Å². The van der Waals surface area contributed by atoms with Gasteiger partial charge in [-0.25, -0.2) is 0 Å². The number of rotatable bonds is 4. The summed E-state index contributed by atoms with van der Waals surface area (Å²) < 4.78 is 5.21. The molecule has 0 saturated heterocycles. The van der Waals surface area contributed by atoms with Crippen molar-refractivity contribution in [3.63, 3.8) is 0 Å². The molecule has 0 atom stereocenters. The minimum absolute atomic E-state index is 0.0880. The molecule has 0 fully saturated rings. The van der Waals surface area contributed by atoms with Crippen molar-refractivity contribution >= 4 is 11.6 Å². The smallest absolute Gasteiger partial charge is 0.221 e. The second-order valence-electron chi connectivity index (χ2n) is 5.54. The van der Waals surface area contributed by atoms with Gasteiger partial charge in [-0.3, -0.25) is 4.79 Å². The molecule has 0 aliphatic carbocycles. The molecule has 3 nitrogen and oxygen atoms in total. The third-order valence-electron chi connectivity index (χ3n) is 3.84. The number of benzene rings is 3. The first-order valence-corrected chi connectivity index (χ1v) is 7.79. The van der Waals surface area contributed by atoms with Gasteiger partial charge in [-0.05, 0) is 34.9 Å². The second kappa shape index (κ2) is 7.01. The van der Waals surface area contributed by atoms with Crippen LogP contribution in [0.2, 0.25) is 0 Å². The molecule has 0 unspecified atom stereocenters. The van der Waals surface area contributed by atoms with Crippen LogP contribution in [-0.4, -0.2) is 13.0 Å². The summed E-state index contributed by atoms with van der Waals surface area (Å²) >= 11 is 0. The molecule has 3 aromatic rings. The highest BCUT2D eigenvalue weighted by Gasteiger charge is 2.09. The maximum absolute atomic E-state index is 11.6. The van der Waals surface area contributed by atoms with Crippen LogP contribution in [-0.2, 0) is 4.79 Å². The lowest BCUT2D eigenvalue weighted by atomic mass is 9.98. The van der Waals surface area contributed by atoms with Gasteiger partial charge in [-0.2, -0.15) is 0 Å². The van der Waals surface area contributed by atoms with E-state index >= 15 is 0 Å². The van der Waals surface area contributed by atoms with Crippen molar-refractivity contribution < 1.29 is 9.53 Å². The lowest BCUT2D eigenvalue weighted by molar-refractivity contribution is -0.114. The number of amides is 1. The third-order valence-corrected chi connectivity index (χ3v) is 3.84. The first-order valence-electron chi connectivity index (χ1n) is 7.79. The van der Waals surface area contributed by atoms with Crippen molar-refractivity contribution in [2.75, 3.05) is 12.4 Å². The molecular formula is C21H19NO2. The minimum Gasteiger partial charge on any atom is -0.497 e. The summed E-state index contributed by atoms with van der Waals surface area (Å²) in [5.41, 5.74) is 4.99. The second-order valence-corrected chi connectivity index (χ2v) is 5.54. The Hall–Kier alpha value is -3.07. The van der Waals surface area contributed by atoms with E-state index < -0.39 is 0 Å². The molecule has 0 bridgehead atoms. The Morgan fingerprint density at radius 1 is 0.833 bits per heavy atom. The molecule has 0 aromatic heterocycles. The van der Waals surface area contributed by atoms with Gasteiger partial charge in [0.1, 0.15) is 5.75 Å². The zero-order chi connectivity index (χ0) is 16.9. The first-order chi connectivity index (χ1) is 11.7. The Bertz CT molecular complexity index is 839. The van der Waals surface area contributed by atoms with Crippen LogP contribution in [0.15, 0.2) is 72.8 Å². The van der Waals surface area contributed by atoms with E-state index in [1.165, 1.54) is 6.92 Å². The standard InChI is InChI=1S/C21H19NO2/c1-15(23)22-21-14-18(16-6-4-3-5-7-16)10-13-20(21)17-8-11-19(24-2)12-9-17/h3-14H,1-2H3,(H,22,23). The lowest BCUT2D eigenvalue weighted by Gasteiger charge is -2.13. The molecule has 1 N–H and O–H groups in total. The summed E-state index contributed by atoms with van der Waals surface area (Å²) in [5.74, 6) is 0.718. The Labute approximate surface area is 141 Å². The van der Waals surface area contributed by atoms with Crippen LogP contribution in [0.5, 0.6) is 5.75 Å².